The minimum atomic E-state index is 0.840. The Bertz CT molecular complexity index is 498. The molecule has 0 radical (unpaired) electrons. The van der Waals surface area contributed by atoms with E-state index in [0.29, 0.717) is 0 Å². The zero-order valence-corrected chi connectivity index (χ0v) is 9.42. The highest BCUT2D eigenvalue weighted by molar-refractivity contribution is 7.71. The lowest BCUT2D eigenvalue weighted by Gasteiger charge is -1.97. The number of nitrogens with zero attached hydrogens (tertiary/aromatic N) is 2. The minimum Gasteiger partial charge on any atom is -0.361 e. The van der Waals surface area contributed by atoms with Gasteiger partial charge in [-0.05, 0) is 18.6 Å². The molecule has 0 bridgehead atoms. The summed E-state index contributed by atoms with van der Waals surface area (Å²) in [5.74, 6) is 0. The molecule has 78 valence electrons. The first kappa shape index (κ1) is 10.1. The van der Waals surface area contributed by atoms with Crippen LogP contribution >= 0.6 is 12.2 Å². The van der Waals surface area contributed by atoms with Crippen LogP contribution in [-0.4, -0.2) is 14.8 Å². The van der Waals surface area contributed by atoms with Gasteiger partial charge in [0.25, 0.3) is 0 Å². The van der Waals surface area contributed by atoms with Crippen LogP contribution in [0.4, 0.5) is 0 Å². The van der Waals surface area contributed by atoms with Gasteiger partial charge in [0.15, 0.2) is 0 Å². The van der Waals surface area contributed by atoms with Crippen LogP contribution in [-0.2, 0) is 6.54 Å². The molecule has 2 heterocycles. The van der Waals surface area contributed by atoms with Crippen LogP contribution in [0.1, 0.15) is 13.3 Å². The van der Waals surface area contributed by atoms with E-state index in [0.717, 1.165) is 28.7 Å². The molecule has 0 fully saturated rings. The molecule has 4 heteroatoms. The Hall–Kier alpha value is -1.42. The number of pyridine rings is 1. The van der Waals surface area contributed by atoms with Crippen LogP contribution < -0.4 is 0 Å². The highest BCUT2D eigenvalue weighted by Crippen LogP contribution is 2.15. The Kier molecular flexibility index (Phi) is 2.97. The average molecular weight is 219 g/mol. The SMILES string of the molecule is CCCn1cc(-c2cc(=S)cc[nH]2)cn1. The maximum Gasteiger partial charge on any atom is 0.0583 e. The Morgan fingerprint density at radius 1 is 1.53 bits per heavy atom. The molecular formula is C11H13N3S. The zero-order valence-electron chi connectivity index (χ0n) is 8.60. The van der Waals surface area contributed by atoms with E-state index >= 15 is 0 Å². The predicted octanol–water partition coefficient (Wildman–Crippen LogP) is 3.02. The minimum absolute atomic E-state index is 0.840. The van der Waals surface area contributed by atoms with E-state index in [9.17, 15) is 0 Å². The van der Waals surface area contributed by atoms with E-state index in [2.05, 4.69) is 17.0 Å². The van der Waals surface area contributed by atoms with Crippen LogP contribution in [0.5, 0.6) is 0 Å². The molecule has 0 aromatic carbocycles. The van der Waals surface area contributed by atoms with Crippen LogP contribution in [0, 0.1) is 4.51 Å². The second kappa shape index (κ2) is 4.40. The summed E-state index contributed by atoms with van der Waals surface area (Å²) in [5.41, 5.74) is 2.10. The van der Waals surface area contributed by atoms with Crippen molar-refractivity contribution in [3.8, 4) is 11.3 Å². The molecule has 0 aliphatic carbocycles. The Morgan fingerprint density at radius 3 is 3.13 bits per heavy atom. The van der Waals surface area contributed by atoms with Crippen molar-refractivity contribution in [2.24, 2.45) is 0 Å². The fourth-order valence-electron chi connectivity index (χ4n) is 1.47. The van der Waals surface area contributed by atoms with Crippen LogP contribution in [0.25, 0.3) is 11.3 Å². The van der Waals surface area contributed by atoms with Crippen molar-refractivity contribution in [3.63, 3.8) is 0 Å². The van der Waals surface area contributed by atoms with Crippen LogP contribution in [0.3, 0.4) is 0 Å². The molecule has 0 saturated carbocycles. The summed E-state index contributed by atoms with van der Waals surface area (Å²) in [5, 5.41) is 4.27. The van der Waals surface area contributed by atoms with Crippen molar-refractivity contribution in [2.45, 2.75) is 19.9 Å². The molecule has 0 aliphatic heterocycles. The Labute approximate surface area is 93.8 Å². The van der Waals surface area contributed by atoms with Gasteiger partial charge in [0.2, 0.25) is 0 Å². The molecule has 3 nitrogen and oxygen atoms in total. The third kappa shape index (κ3) is 2.33. The third-order valence-electron chi connectivity index (χ3n) is 2.17. The second-order valence-electron chi connectivity index (χ2n) is 3.43. The molecule has 0 saturated heterocycles. The predicted molar refractivity (Wildman–Crippen MR) is 63.1 cm³/mol. The zero-order chi connectivity index (χ0) is 10.7. The van der Waals surface area contributed by atoms with Crippen molar-refractivity contribution in [3.05, 3.63) is 35.2 Å². The molecule has 0 aliphatic rings. The maximum atomic E-state index is 5.11. The summed E-state index contributed by atoms with van der Waals surface area (Å²) in [6.45, 7) is 3.09. The second-order valence-corrected chi connectivity index (χ2v) is 3.90. The van der Waals surface area contributed by atoms with Gasteiger partial charge in [-0.1, -0.05) is 19.1 Å². The number of aromatic nitrogens is 3. The summed E-state index contributed by atoms with van der Waals surface area (Å²) in [6, 6.07) is 3.82. The number of H-pyrrole nitrogens is 1. The van der Waals surface area contributed by atoms with Gasteiger partial charge in [0.1, 0.15) is 0 Å². The summed E-state index contributed by atoms with van der Waals surface area (Å²) >= 11 is 5.11. The summed E-state index contributed by atoms with van der Waals surface area (Å²) in [4.78, 5) is 3.16. The number of hydrogen-bond donors (Lipinski definition) is 1. The van der Waals surface area contributed by atoms with Gasteiger partial charge in [0, 0.05) is 34.7 Å². The van der Waals surface area contributed by atoms with E-state index in [1.165, 1.54) is 0 Å². The molecule has 0 atom stereocenters. The molecular weight excluding hydrogens is 206 g/mol. The molecule has 2 aromatic heterocycles. The highest BCUT2D eigenvalue weighted by Gasteiger charge is 2.00. The summed E-state index contributed by atoms with van der Waals surface area (Å²) < 4.78 is 2.78. The van der Waals surface area contributed by atoms with Crippen LogP contribution in [0.2, 0.25) is 0 Å². The maximum absolute atomic E-state index is 5.11. The lowest BCUT2D eigenvalue weighted by atomic mass is 10.2. The molecule has 2 aromatic rings. The smallest absolute Gasteiger partial charge is 0.0583 e. The molecule has 0 unspecified atom stereocenters. The first-order chi connectivity index (χ1) is 7.29. The fourth-order valence-corrected chi connectivity index (χ4v) is 1.65. The number of nitrogens with one attached hydrogen (secondary N) is 1. The van der Waals surface area contributed by atoms with Gasteiger partial charge in [0.05, 0.1) is 6.20 Å². The van der Waals surface area contributed by atoms with E-state index in [1.54, 1.807) is 0 Å². The van der Waals surface area contributed by atoms with Gasteiger partial charge in [-0.15, -0.1) is 0 Å². The quantitative estimate of drug-likeness (QED) is 0.805. The number of aryl methyl sites for hydroxylation is 1. The van der Waals surface area contributed by atoms with E-state index in [-0.39, 0.29) is 0 Å². The van der Waals surface area contributed by atoms with Gasteiger partial charge in [-0.3, -0.25) is 4.68 Å². The molecule has 0 amide bonds. The normalized spacial score (nSPS) is 10.5. The lowest BCUT2D eigenvalue weighted by molar-refractivity contribution is 0.603. The Morgan fingerprint density at radius 2 is 2.40 bits per heavy atom. The van der Waals surface area contributed by atoms with Gasteiger partial charge >= 0.3 is 0 Å². The first-order valence-corrected chi connectivity index (χ1v) is 5.42. The molecule has 0 spiro atoms. The monoisotopic (exact) mass is 219 g/mol. The van der Waals surface area contributed by atoms with Crippen molar-refractivity contribution < 1.29 is 0 Å². The number of hydrogen-bond acceptors (Lipinski definition) is 2. The topological polar surface area (TPSA) is 33.6 Å². The molecule has 2 rings (SSSR count). The van der Waals surface area contributed by atoms with Crippen molar-refractivity contribution in [1.29, 1.82) is 0 Å². The standard InChI is InChI=1S/C11H13N3S/c1-2-5-14-8-9(7-13-14)11-6-10(15)3-4-12-11/h3-4,6-8H,2,5H2,1H3,(H,12,15). The fraction of sp³-hybridized carbons (Fsp3) is 0.273. The van der Waals surface area contributed by atoms with Gasteiger partial charge in [-0.2, -0.15) is 5.10 Å². The lowest BCUT2D eigenvalue weighted by Crippen LogP contribution is -1.95. The Balaban J connectivity index is 2.33. The van der Waals surface area contributed by atoms with Crippen LogP contribution in [0.15, 0.2) is 30.7 Å². The largest absolute Gasteiger partial charge is 0.361 e. The van der Waals surface area contributed by atoms with Gasteiger partial charge in [-0.25, -0.2) is 0 Å². The van der Waals surface area contributed by atoms with E-state index < -0.39 is 0 Å². The van der Waals surface area contributed by atoms with E-state index in [4.69, 9.17) is 12.2 Å². The number of rotatable bonds is 3. The summed E-state index contributed by atoms with van der Waals surface area (Å²) in [6.07, 6.45) is 6.83. The van der Waals surface area contributed by atoms with E-state index in [1.807, 2.05) is 35.4 Å². The van der Waals surface area contributed by atoms with Crippen molar-refractivity contribution in [1.82, 2.24) is 14.8 Å². The third-order valence-corrected chi connectivity index (χ3v) is 2.42. The number of aromatic amines is 1. The molecule has 15 heavy (non-hydrogen) atoms. The average Bonchev–Trinajstić information content (AvgIpc) is 2.67. The molecule has 1 N–H and O–H groups in total. The highest BCUT2D eigenvalue weighted by atomic mass is 32.1. The van der Waals surface area contributed by atoms with Crippen molar-refractivity contribution >= 4 is 12.2 Å². The van der Waals surface area contributed by atoms with Gasteiger partial charge < -0.3 is 4.98 Å². The summed E-state index contributed by atoms with van der Waals surface area (Å²) in [7, 11) is 0. The van der Waals surface area contributed by atoms with Crippen molar-refractivity contribution in [2.75, 3.05) is 0 Å². The first-order valence-electron chi connectivity index (χ1n) is 5.01.